The lowest BCUT2D eigenvalue weighted by molar-refractivity contribution is -0.131. The Labute approximate surface area is 156 Å². The van der Waals surface area contributed by atoms with Gasteiger partial charge in [0.2, 0.25) is 5.91 Å². The number of likely N-dealkylation sites (tertiary alicyclic amines) is 1. The standard InChI is InChI=1S/C19H22N2O4S/c1-24-13-5-6-15(25-2)12(10-13)11-18(22)21-9-3-4-14(21)16-7-8-17(26-16)19(20)23/h5-8,10,14H,3-4,9,11H2,1-2H3,(H2,20,23). The normalized spacial score (nSPS) is 16.5. The highest BCUT2D eigenvalue weighted by atomic mass is 32.1. The highest BCUT2D eigenvalue weighted by Gasteiger charge is 2.31. The molecule has 0 radical (unpaired) electrons. The van der Waals surface area contributed by atoms with E-state index in [9.17, 15) is 9.59 Å². The highest BCUT2D eigenvalue weighted by Crippen LogP contribution is 2.36. The van der Waals surface area contributed by atoms with Crippen molar-refractivity contribution in [3.05, 3.63) is 45.6 Å². The van der Waals surface area contributed by atoms with Gasteiger partial charge in [0.1, 0.15) is 11.5 Å². The molecule has 0 bridgehead atoms. The van der Waals surface area contributed by atoms with Crippen molar-refractivity contribution in [3.63, 3.8) is 0 Å². The fourth-order valence-corrected chi connectivity index (χ4v) is 4.32. The van der Waals surface area contributed by atoms with Crippen LogP contribution in [0.2, 0.25) is 0 Å². The van der Waals surface area contributed by atoms with E-state index in [1.165, 1.54) is 11.3 Å². The summed E-state index contributed by atoms with van der Waals surface area (Å²) in [4.78, 5) is 27.7. The highest BCUT2D eigenvalue weighted by molar-refractivity contribution is 7.14. The molecule has 1 unspecified atom stereocenters. The van der Waals surface area contributed by atoms with E-state index in [4.69, 9.17) is 15.2 Å². The first-order valence-corrected chi connectivity index (χ1v) is 9.25. The van der Waals surface area contributed by atoms with Crippen molar-refractivity contribution in [1.29, 1.82) is 0 Å². The third kappa shape index (κ3) is 3.67. The van der Waals surface area contributed by atoms with Crippen LogP contribution in [-0.4, -0.2) is 37.5 Å². The lowest BCUT2D eigenvalue weighted by Crippen LogP contribution is -2.31. The quantitative estimate of drug-likeness (QED) is 0.843. The SMILES string of the molecule is COc1ccc(OC)c(CC(=O)N2CCCC2c2ccc(C(N)=O)s2)c1. The van der Waals surface area contributed by atoms with Crippen LogP contribution in [0, 0.1) is 0 Å². The molecule has 1 aliphatic rings. The minimum atomic E-state index is -0.432. The number of benzene rings is 1. The van der Waals surface area contributed by atoms with Crippen molar-refractivity contribution >= 4 is 23.2 Å². The van der Waals surface area contributed by atoms with E-state index in [0.29, 0.717) is 22.9 Å². The summed E-state index contributed by atoms with van der Waals surface area (Å²) in [5, 5.41) is 0. The third-order valence-electron chi connectivity index (χ3n) is 4.60. The van der Waals surface area contributed by atoms with Crippen LogP contribution in [-0.2, 0) is 11.2 Å². The van der Waals surface area contributed by atoms with E-state index < -0.39 is 5.91 Å². The van der Waals surface area contributed by atoms with Gasteiger partial charge >= 0.3 is 0 Å². The largest absolute Gasteiger partial charge is 0.497 e. The van der Waals surface area contributed by atoms with Crippen LogP contribution in [0.15, 0.2) is 30.3 Å². The molecule has 6 nitrogen and oxygen atoms in total. The van der Waals surface area contributed by atoms with Crippen molar-refractivity contribution in [2.75, 3.05) is 20.8 Å². The second-order valence-electron chi connectivity index (χ2n) is 6.17. The van der Waals surface area contributed by atoms with Gasteiger partial charge in [-0.25, -0.2) is 0 Å². The molecule has 2 heterocycles. The molecule has 1 aliphatic heterocycles. The summed E-state index contributed by atoms with van der Waals surface area (Å²) < 4.78 is 10.6. The number of carbonyl (C=O) groups is 2. The Kier molecular flexibility index (Phi) is 5.46. The molecule has 7 heteroatoms. The number of methoxy groups -OCH3 is 2. The predicted octanol–water partition coefficient (Wildman–Crippen LogP) is 2.77. The van der Waals surface area contributed by atoms with Crippen LogP contribution < -0.4 is 15.2 Å². The molecule has 1 aromatic heterocycles. The molecular formula is C19H22N2O4S. The number of rotatable bonds is 6. The summed E-state index contributed by atoms with van der Waals surface area (Å²) in [7, 11) is 3.18. The summed E-state index contributed by atoms with van der Waals surface area (Å²) in [6.45, 7) is 0.708. The maximum absolute atomic E-state index is 12.9. The van der Waals surface area contributed by atoms with Crippen LogP contribution in [0.5, 0.6) is 11.5 Å². The zero-order chi connectivity index (χ0) is 18.7. The maximum Gasteiger partial charge on any atom is 0.258 e. The van der Waals surface area contributed by atoms with Crippen LogP contribution in [0.25, 0.3) is 0 Å². The van der Waals surface area contributed by atoms with Crippen molar-refractivity contribution in [3.8, 4) is 11.5 Å². The second kappa shape index (κ2) is 7.78. The summed E-state index contributed by atoms with van der Waals surface area (Å²) in [5.74, 6) is 0.962. The number of primary amides is 1. The molecule has 0 aliphatic carbocycles. The minimum Gasteiger partial charge on any atom is -0.497 e. The summed E-state index contributed by atoms with van der Waals surface area (Å²) in [6, 6.07) is 9.07. The molecule has 1 fully saturated rings. The van der Waals surface area contributed by atoms with E-state index in [1.807, 2.05) is 23.1 Å². The number of carbonyl (C=O) groups excluding carboxylic acids is 2. The second-order valence-corrected chi connectivity index (χ2v) is 7.28. The molecule has 1 atom stereocenters. The zero-order valence-corrected chi connectivity index (χ0v) is 15.7. The molecular weight excluding hydrogens is 352 g/mol. The molecule has 26 heavy (non-hydrogen) atoms. The molecule has 1 aromatic carbocycles. The van der Waals surface area contributed by atoms with Gasteiger partial charge in [0, 0.05) is 17.0 Å². The molecule has 1 saturated heterocycles. The van der Waals surface area contributed by atoms with E-state index in [-0.39, 0.29) is 18.4 Å². The molecule has 0 spiro atoms. The van der Waals surface area contributed by atoms with Crippen molar-refractivity contribution in [2.24, 2.45) is 5.73 Å². The fraction of sp³-hybridized carbons (Fsp3) is 0.368. The summed E-state index contributed by atoms with van der Waals surface area (Å²) in [5.41, 5.74) is 6.14. The van der Waals surface area contributed by atoms with Crippen LogP contribution >= 0.6 is 11.3 Å². The number of hydrogen-bond donors (Lipinski definition) is 1. The Balaban J connectivity index is 1.79. The number of ether oxygens (including phenoxy) is 2. The lowest BCUT2D eigenvalue weighted by atomic mass is 10.1. The molecule has 138 valence electrons. The maximum atomic E-state index is 12.9. The number of nitrogens with zero attached hydrogens (tertiary/aromatic N) is 1. The number of nitrogens with two attached hydrogens (primary N) is 1. The fourth-order valence-electron chi connectivity index (χ4n) is 3.31. The van der Waals surface area contributed by atoms with E-state index in [0.717, 1.165) is 23.3 Å². The molecule has 3 rings (SSSR count). The summed E-state index contributed by atoms with van der Waals surface area (Å²) in [6.07, 6.45) is 2.07. The Morgan fingerprint density at radius 3 is 2.69 bits per heavy atom. The summed E-state index contributed by atoms with van der Waals surface area (Å²) >= 11 is 1.37. The lowest BCUT2D eigenvalue weighted by Gasteiger charge is -2.24. The van der Waals surface area contributed by atoms with Crippen molar-refractivity contribution in [2.45, 2.75) is 25.3 Å². The first kappa shape index (κ1) is 18.3. The van der Waals surface area contributed by atoms with Gasteiger partial charge in [-0.3, -0.25) is 9.59 Å². The molecule has 0 saturated carbocycles. The average molecular weight is 374 g/mol. The molecule has 2 amide bonds. The van der Waals surface area contributed by atoms with Gasteiger partial charge < -0.3 is 20.1 Å². The zero-order valence-electron chi connectivity index (χ0n) is 14.9. The Hall–Kier alpha value is -2.54. The van der Waals surface area contributed by atoms with Gasteiger partial charge in [-0.15, -0.1) is 11.3 Å². The Morgan fingerprint density at radius 2 is 2.04 bits per heavy atom. The van der Waals surface area contributed by atoms with Gasteiger partial charge in [-0.1, -0.05) is 0 Å². The van der Waals surface area contributed by atoms with E-state index >= 15 is 0 Å². The number of thiophene rings is 1. The Morgan fingerprint density at radius 1 is 1.23 bits per heavy atom. The van der Waals surface area contributed by atoms with Crippen molar-refractivity contribution in [1.82, 2.24) is 4.90 Å². The van der Waals surface area contributed by atoms with Gasteiger partial charge in [-0.2, -0.15) is 0 Å². The van der Waals surface area contributed by atoms with Crippen LogP contribution in [0.4, 0.5) is 0 Å². The smallest absolute Gasteiger partial charge is 0.258 e. The monoisotopic (exact) mass is 374 g/mol. The topological polar surface area (TPSA) is 81.9 Å². The average Bonchev–Trinajstić information content (AvgIpc) is 3.30. The van der Waals surface area contributed by atoms with Gasteiger partial charge in [-0.05, 0) is 43.2 Å². The van der Waals surface area contributed by atoms with Gasteiger partial charge in [0.05, 0.1) is 31.6 Å². The minimum absolute atomic E-state index is 0.00259. The molecule has 2 N–H and O–H groups in total. The van der Waals surface area contributed by atoms with E-state index in [1.54, 1.807) is 26.4 Å². The third-order valence-corrected chi connectivity index (χ3v) is 5.80. The van der Waals surface area contributed by atoms with Crippen LogP contribution in [0.3, 0.4) is 0 Å². The van der Waals surface area contributed by atoms with Gasteiger partial charge in [0.15, 0.2) is 0 Å². The van der Waals surface area contributed by atoms with Crippen molar-refractivity contribution < 1.29 is 19.1 Å². The van der Waals surface area contributed by atoms with Crippen LogP contribution in [0.1, 0.15) is 39.0 Å². The number of hydrogen-bond acceptors (Lipinski definition) is 5. The van der Waals surface area contributed by atoms with Gasteiger partial charge in [0.25, 0.3) is 5.91 Å². The van der Waals surface area contributed by atoms with E-state index in [2.05, 4.69) is 0 Å². The number of amides is 2. The first-order chi connectivity index (χ1) is 12.5. The molecule has 2 aromatic rings. The Bertz CT molecular complexity index is 818. The predicted molar refractivity (Wildman–Crippen MR) is 99.8 cm³/mol. The first-order valence-electron chi connectivity index (χ1n) is 8.43.